The smallest absolute Gasteiger partial charge is 0.372 e. The van der Waals surface area contributed by atoms with E-state index in [-0.39, 0.29) is 0 Å². The van der Waals surface area contributed by atoms with E-state index >= 15 is 0 Å². The maximum absolute atomic E-state index is 10.4. The van der Waals surface area contributed by atoms with Gasteiger partial charge in [0.05, 0.1) is 6.37 Å². The predicted molar refractivity (Wildman–Crippen MR) is 29.5 cm³/mol. The summed E-state index contributed by atoms with van der Waals surface area (Å²) in [4.78, 5) is 30.3. The molecule has 0 aromatic rings. The average Bonchev–Trinajstić information content (AvgIpc) is 1.85. The molecule has 0 saturated carbocycles. The molecule has 0 heterocycles. The number of Topliss-reactive ketones (excluding diaryl/α,β-unsaturated/α-hetero) is 1. The number of ketones is 1. The third-order valence-corrected chi connectivity index (χ3v) is 0.639. The van der Waals surface area contributed by atoms with Crippen LogP contribution in [-0.2, 0) is 14.4 Å². The van der Waals surface area contributed by atoms with Gasteiger partial charge in [0.1, 0.15) is 0 Å². The summed E-state index contributed by atoms with van der Waals surface area (Å²) in [5.41, 5.74) is 0. The summed E-state index contributed by atoms with van der Waals surface area (Å²) in [7, 11) is 0. The van der Waals surface area contributed by atoms with Crippen LogP contribution in [0.1, 0.15) is 15.5 Å². The molecule has 0 aliphatic heterocycles. The number of rotatable bonds is 4. The number of carbonyl (C=O) groups excluding carboxylic acids is 1. The van der Waals surface area contributed by atoms with Crippen LogP contribution in [0.25, 0.3) is 0 Å². The van der Waals surface area contributed by atoms with Crippen LogP contribution in [0.15, 0.2) is 0 Å². The molecule has 0 rings (SSSR count). The maximum atomic E-state index is 10.4. The first-order valence-corrected chi connectivity index (χ1v) is 2.27. The molecule has 5 nitrogen and oxygen atoms in total. The Morgan fingerprint density at radius 2 is 1.80 bits per heavy atom. The summed E-state index contributed by atoms with van der Waals surface area (Å²) in [6.45, 7) is 0. The highest BCUT2D eigenvalue weighted by Crippen LogP contribution is 1.89. The SMILES string of the molecule is [2H]C([2H])(C[13C](=O)[13C](=O)O)C(=O)O. The average molecular weight is 150 g/mol. The molecule has 0 aromatic carbocycles. The highest BCUT2D eigenvalue weighted by atomic mass is 16.5. The lowest BCUT2D eigenvalue weighted by Gasteiger charge is -1.88. The van der Waals surface area contributed by atoms with Crippen LogP contribution < -0.4 is 0 Å². The standard InChI is InChI=1S/C5H6O5/c6-3(5(9)10)1-2-4(7)8/h1-2H2,(H,7,8)(H,9,10)/i2D2,3+1,5+1. The first kappa shape index (κ1) is 5.40. The second-order valence-electron chi connectivity index (χ2n) is 1.39. The summed E-state index contributed by atoms with van der Waals surface area (Å²) in [6.07, 6.45) is -3.97. The van der Waals surface area contributed by atoms with E-state index in [4.69, 9.17) is 13.0 Å². The van der Waals surface area contributed by atoms with Crippen LogP contribution in [0.5, 0.6) is 0 Å². The van der Waals surface area contributed by atoms with E-state index in [9.17, 15) is 14.4 Å². The summed E-state index contributed by atoms with van der Waals surface area (Å²) in [5, 5.41) is 16.2. The molecule has 0 aliphatic carbocycles. The van der Waals surface area contributed by atoms with Crippen molar-refractivity contribution in [3.63, 3.8) is 0 Å². The lowest BCUT2D eigenvalue weighted by Crippen LogP contribution is -2.13. The number of carboxylic acids is 2. The van der Waals surface area contributed by atoms with Crippen molar-refractivity contribution < 1.29 is 27.3 Å². The van der Waals surface area contributed by atoms with E-state index in [1.54, 1.807) is 0 Å². The van der Waals surface area contributed by atoms with Gasteiger partial charge in [-0.25, -0.2) is 4.79 Å². The Labute approximate surface area is 59.1 Å². The number of hydrogen-bond donors (Lipinski definition) is 2. The third-order valence-electron chi connectivity index (χ3n) is 0.639. The number of hydrogen-bond acceptors (Lipinski definition) is 3. The largest absolute Gasteiger partial charge is 0.481 e. The molecule has 56 valence electrons. The van der Waals surface area contributed by atoms with E-state index in [1.165, 1.54) is 0 Å². The number of carbonyl (C=O) groups is 3. The van der Waals surface area contributed by atoms with Crippen molar-refractivity contribution in [2.75, 3.05) is 0 Å². The van der Waals surface area contributed by atoms with Crippen molar-refractivity contribution in [2.45, 2.75) is 12.8 Å². The summed E-state index contributed by atoms with van der Waals surface area (Å²) < 4.78 is 13.4. The Morgan fingerprint density at radius 3 is 2.10 bits per heavy atom. The summed E-state index contributed by atoms with van der Waals surface area (Å²) in [5.74, 6) is -5.14. The molecule has 0 aromatic heterocycles. The van der Waals surface area contributed by atoms with Crippen molar-refractivity contribution in [1.29, 1.82) is 0 Å². The van der Waals surface area contributed by atoms with Gasteiger partial charge in [0.15, 0.2) is 0 Å². The number of carboxylic acid groups (broad SMARTS) is 2. The van der Waals surface area contributed by atoms with E-state index in [2.05, 4.69) is 0 Å². The van der Waals surface area contributed by atoms with E-state index in [0.29, 0.717) is 0 Å². The quantitative estimate of drug-likeness (QED) is 0.416. The van der Waals surface area contributed by atoms with Gasteiger partial charge in [-0.15, -0.1) is 0 Å². The zero-order valence-corrected chi connectivity index (χ0v) is 4.83. The molecule has 0 bridgehead atoms. The van der Waals surface area contributed by atoms with Crippen LogP contribution in [0, 0.1) is 0 Å². The molecule has 0 aliphatic rings. The Morgan fingerprint density at radius 1 is 1.30 bits per heavy atom. The van der Waals surface area contributed by atoms with Gasteiger partial charge < -0.3 is 10.2 Å². The van der Waals surface area contributed by atoms with Crippen molar-refractivity contribution in [3.05, 3.63) is 0 Å². The minimum Gasteiger partial charge on any atom is -0.481 e. The maximum Gasteiger partial charge on any atom is 0.372 e. The van der Waals surface area contributed by atoms with Crippen molar-refractivity contribution in [2.24, 2.45) is 0 Å². The molecule has 0 radical (unpaired) electrons. The normalized spacial score (nSPS) is 13.2. The van der Waals surface area contributed by atoms with Crippen LogP contribution in [-0.4, -0.2) is 27.9 Å². The van der Waals surface area contributed by atoms with E-state index in [0.717, 1.165) is 0 Å². The molecule has 10 heavy (non-hydrogen) atoms. The fraction of sp³-hybridized carbons (Fsp3) is 0.400. The Hall–Kier alpha value is -1.39. The zero-order valence-electron chi connectivity index (χ0n) is 6.83. The molecule has 0 fully saturated rings. The molecule has 5 heteroatoms. The van der Waals surface area contributed by atoms with Crippen LogP contribution in [0.3, 0.4) is 0 Å². The zero-order chi connectivity index (χ0) is 9.94. The second kappa shape index (κ2) is 3.60. The molecule has 0 saturated heterocycles. The topological polar surface area (TPSA) is 91.7 Å². The minimum atomic E-state index is -2.81. The van der Waals surface area contributed by atoms with Gasteiger partial charge in [-0.2, -0.15) is 0 Å². The minimum absolute atomic E-state index is 1.16. The van der Waals surface area contributed by atoms with Gasteiger partial charge in [0.25, 0.3) is 0 Å². The Balaban J connectivity index is 4.35. The van der Waals surface area contributed by atoms with Gasteiger partial charge >= 0.3 is 11.9 Å². The van der Waals surface area contributed by atoms with Crippen molar-refractivity contribution >= 4 is 17.7 Å². The van der Waals surface area contributed by atoms with Gasteiger partial charge in [0.2, 0.25) is 5.78 Å². The van der Waals surface area contributed by atoms with Crippen molar-refractivity contribution in [1.82, 2.24) is 0 Å². The Kier molecular flexibility index (Phi) is 1.94. The first-order valence-electron chi connectivity index (χ1n) is 3.27. The van der Waals surface area contributed by atoms with Gasteiger partial charge in [-0.05, 0) is 0 Å². The van der Waals surface area contributed by atoms with Crippen LogP contribution >= 0.6 is 0 Å². The predicted octanol–water partition coefficient (Wildman–Crippen LogP) is -0.495. The van der Waals surface area contributed by atoms with Crippen LogP contribution in [0.2, 0.25) is 0 Å². The Bertz CT molecular complexity index is 234. The molecular weight excluding hydrogens is 142 g/mol. The lowest BCUT2D eigenvalue weighted by atomic mass is 10.4. The first-order chi connectivity index (χ1) is 5.27. The monoisotopic (exact) mass is 150 g/mol. The third kappa shape index (κ3) is 3.59. The second-order valence-corrected chi connectivity index (χ2v) is 1.39. The molecule has 0 spiro atoms. The molecule has 0 unspecified atom stereocenters. The summed E-state index contributed by atoms with van der Waals surface area (Å²) >= 11 is 0. The molecule has 0 amide bonds. The van der Waals surface area contributed by atoms with E-state index < -0.39 is 30.5 Å². The van der Waals surface area contributed by atoms with Crippen molar-refractivity contribution in [3.8, 4) is 0 Å². The number of aliphatic carboxylic acids is 2. The molecular formula is C5H6O5. The highest BCUT2D eigenvalue weighted by Gasteiger charge is 2.12. The fourth-order valence-electron chi connectivity index (χ4n) is 0.232. The lowest BCUT2D eigenvalue weighted by molar-refractivity contribution is -0.149. The van der Waals surface area contributed by atoms with Gasteiger partial charge in [-0.3, -0.25) is 9.59 Å². The summed E-state index contributed by atoms with van der Waals surface area (Å²) in [6, 6.07) is 0. The molecule has 2 N–H and O–H groups in total. The fourth-order valence-corrected chi connectivity index (χ4v) is 0.232. The van der Waals surface area contributed by atoms with Gasteiger partial charge in [0, 0.05) is 9.16 Å². The molecule has 0 atom stereocenters. The van der Waals surface area contributed by atoms with Crippen LogP contribution in [0.4, 0.5) is 0 Å². The van der Waals surface area contributed by atoms with Gasteiger partial charge in [-0.1, -0.05) is 0 Å². The van der Waals surface area contributed by atoms with E-state index in [1.807, 2.05) is 0 Å². The highest BCUT2D eigenvalue weighted by molar-refractivity contribution is 6.32.